The molecule has 1 fully saturated rings. The van der Waals surface area contributed by atoms with E-state index in [4.69, 9.17) is 4.74 Å². The number of fused-ring (bicyclic) bond motifs is 3. The lowest BCUT2D eigenvalue weighted by molar-refractivity contribution is -0.161. The Morgan fingerprint density at radius 3 is 2.60 bits per heavy atom. The number of Topliss-reactive ketones (excluding diaryl/α,β-unsaturated/α-hetero) is 1. The van der Waals surface area contributed by atoms with Crippen molar-refractivity contribution in [2.24, 2.45) is 5.92 Å². The zero-order valence-corrected chi connectivity index (χ0v) is 15.5. The van der Waals surface area contributed by atoms with Crippen molar-refractivity contribution < 1.29 is 24.5 Å². The molecule has 1 saturated heterocycles. The van der Waals surface area contributed by atoms with E-state index in [9.17, 15) is 19.8 Å². The Morgan fingerprint density at radius 1 is 1.24 bits per heavy atom. The molecule has 2 N–H and O–H groups in total. The van der Waals surface area contributed by atoms with E-state index in [0.29, 0.717) is 38.5 Å². The summed E-state index contributed by atoms with van der Waals surface area (Å²) in [4.78, 5) is 25.0. The average Bonchev–Trinajstić information content (AvgIpc) is 2.64. The van der Waals surface area contributed by atoms with Crippen LogP contribution in [0.15, 0.2) is 23.8 Å². The minimum absolute atomic E-state index is 0.0772. The summed E-state index contributed by atoms with van der Waals surface area (Å²) in [6, 6.07) is 0. The van der Waals surface area contributed by atoms with Crippen LogP contribution in [0, 0.1) is 5.92 Å². The lowest BCUT2D eigenvalue weighted by atomic mass is 9.80. The monoisotopic (exact) mass is 350 g/mol. The molecule has 25 heavy (non-hydrogen) atoms. The summed E-state index contributed by atoms with van der Waals surface area (Å²) >= 11 is 0. The number of esters is 1. The second-order valence-corrected chi connectivity index (χ2v) is 8.00. The predicted octanol–water partition coefficient (Wildman–Crippen LogP) is 2.85. The van der Waals surface area contributed by atoms with E-state index in [1.165, 1.54) is 0 Å². The van der Waals surface area contributed by atoms with Crippen LogP contribution < -0.4 is 0 Å². The molecule has 4 atom stereocenters. The molecule has 0 aromatic heterocycles. The van der Waals surface area contributed by atoms with Gasteiger partial charge in [0.2, 0.25) is 0 Å². The molecule has 5 nitrogen and oxygen atoms in total. The van der Waals surface area contributed by atoms with E-state index in [-0.39, 0.29) is 23.7 Å². The summed E-state index contributed by atoms with van der Waals surface area (Å²) in [7, 11) is 0. The number of hydrogen-bond donors (Lipinski definition) is 2. The SMILES string of the molecule is C=C1C(=O)O[C@@]2(C)CC[C@H]1C[C@@H](O)[C@@](C)(O)CCC=C(C)CCC2=O. The van der Waals surface area contributed by atoms with Crippen LogP contribution in [0.4, 0.5) is 0 Å². The molecular formula is C20H30O5. The Morgan fingerprint density at radius 2 is 1.92 bits per heavy atom. The summed E-state index contributed by atoms with van der Waals surface area (Å²) in [5, 5.41) is 21.1. The van der Waals surface area contributed by atoms with E-state index in [1.807, 2.05) is 13.0 Å². The van der Waals surface area contributed by atoms with Crippen molar-refractivity contribution in [1.82, 2.24) is 0 Å². The molecule has 1 heterocycles. The van der Waals surface area contributed by atoms with Crippen molar-refractivity contribution in [3.63, 3.8) is 0 Å². The Labute approximate surface area is 149 Å². The first-order valence-electron chi connectivity index (χ1n) is 9.07. The number of allylic oxidation sites excluding steroid dienone is 2. The third-order valence-electron chi connectivity index (χ3n) is 5.75. The minimum Gasteiger partial charge on any atom is -0.448 e. The van der Waals surface area contributed by atoms with Crippen LogP contribution in [-0.4, -0.2) is 39.3 Å². The number of carbonyl (C=O) groups is 2. The predicted molar refractivity (Wildman–Crippen MR) is 94.8 cm³/mol. The first-order valence-corrected chi connectivity index (χ1v) is 9.07. The Hall–Kier alpha value is -1.46. The molecule has 2 aliphatic rings. The van der Waals surface area contributed by atoms with Gasteiger partial charge in [-0.25, -0.2) is 4.79 Å². The zero-order valence-electron chi connectivity index (χ0n) is 15.5. The van der Waals surface area contributed by atoms with Gasteiger partial charge in [-0.15, -0.1) is 0 Å². The van der Waals surface area contributed by atoms with Crippen LogP contribution >= 0.6 is 0 Å². The van der Waals surface area contributed by atoms with Crippen molar-refractivity contribution in [2.75, 3.05) is 0 Å². The van der Waals surface area contributed by atoms with Gasteiger partial charge in [0.25, 0.3) is 0 Å². The van der Waals surface area contributed by atoms with Gasteiger partial charge in [0.15, 0.2) is 11.4 Å². The number of aliphatic hydroxyl groups is 2. The molecular weight excluding hydrogens is 320 g/mol. The molecule has 0 aromatic carbocycles. The maximum Gasteiger partial charge on any atom is 0.334 e. The summed E-state index contributed by atoms with van der Waals surface area (Å²) in [6.45, 7) is 9.06. The molecule has 0 radical (unpaired) electrons. The molecule has 1 aliphatic heterocycles. The molecule has 5 heteroatoms. The van der Waals surface area contributed by atoms with Crippen LogP contribution in [0.25, 0.3) is 0 Å². The third-order valence-corrected chi connectivity index (χ3v) is 5.75. The number of ketones is 1. The third kappa shape index (κ3) is 4.59. The summed E-state index contributed by atoms with van der Waals surface area (Å²) in [5.41, 5.74) is -1.06. The average molecular weight is 350 g/mol. The summed E-state index contributed by atoms with van der Waals surface area (Å²) in [6.07, 6.45) is 4.15. The van der Waals surface area contributed by atoms with Crippen LogP contribution in [0.3, 0.4) is 0 Å². The highest BCUT2D eigenvalue weighted by molar-refractivity contribution is 5.94. The van der Waals surface area contributed by atoms with Gasteiger partial charge in [-0.1, -0.05) is 18.2 Å². The highest BCUT2D eigenvalue weighted by Crippen LogP contribution is 2.36. The summed E-state index contributed by atoms with van der Waals surface area (Å²) < 4.78 is 5.50. The zero-order chi connectivity index (χ0) is 18.8. The first kappa shape index (κ1) is 19.9. The van der Waals surface area contributed by atoms with Gasteiger partial charge >= 0.3 is 5.97 Å². The Balaban J connectivity index is 2.34. The van der Waals surface area contributed by atoms with Gasteiger partial charge in [-0.05, 0) is 65.2 Å². The largest absolute Gasteiger partial charge is 0.448 e. The van der Waals surface area contributed by atoms with E-state index >= 15 is 0 Å². The highest BCUT2D eigenvalue weighted by Gasteiger charge is 2.43. The normalized spacial score (nSPS) is 38.6. The number of ether oxygens (including phenoxy) is 1. The lowest BCUT2D eigenvalue weighted by Gasteiger charge is -2.31. The van der Waals surface area contributed by atoms with E-state index in [2.05, 4.69) is 6.58 Å². The van der Waals surface area contributed by atoms with Crippen molar-refractivity contribution in [3.05, 3.63) is 23.8 Å². The van der Waals surface area contributed by atoms with Crippen molar-refractivity contribution in [3.8, 4) is 0 Å². The molecule has 140 valence electrons. The Kier molecular flexibility index (Phi) is 5.89. The van der Waals surface area contributed by atoms with E-state index in [1.54, 1.807) is 13.8 Å². The highest BCUT2D eigenvalue weighted by atomic mass is 16.6. The van der Waals surface area contributed by atoms with Gasteiger partial charge in [-0.3, -0.25) is 4.79 Å². The molecule has 0 unspecified atom stereocenters. The maximum atomic E-state index is 12.7. The quantitative estimate of drug-likeness (QED) is 0.399. The molecule has 0 saturated carbocycles. The molecule has 1 aliphatic carbocycles. The van der Waals surface area contributed by atoms with Crippen LogP contribution in [0.1, 0.15) is 65.7 Å². The molecule has 0 spiro atoms. The second kappa shape index (κ2) is 7.42. The Bertz CT molecular complexity index is 589. The fourth-order valence-electron chi connectivity index (χ4n) is 3.55. The van der Waals surface area contributed by atoms with E-state index in [0.717, 1.165) is 5.57 Å². The van der Waals surface area contributed by atoms with Gasteiger partial charge in [-0.2, -0.15) is 0 Å². The minimum atomic E-state index is -1.24. The van der Waals surface area contributed by atoms with Gasteiger partial charge in [0.1, 0.15) is 0 Å². The number of hydrogen-bond acceptors (Lipinski definition) is 5. The van der Waals surface area contributed by atoms with Crippen LogP contribution in [0.5, 0.6) is 0 Å². The van der Waals surface area contributed by atoms with Crippen molar-refractivity contribution in [1.29, 1.82) is 0 Å². The van der Waals surface area contributed by atoms with Gasteiger partial charge in [0.05, 0.1) is 11.7 Å². The maximum absolute atomic E-state index is 12.7. The molecule has 2 bridgehead atoms. The number of rotatable bonds is 0. The van der Waals surface area contributed by atoms with Crippen molar-refractivity contribution >= 4 is 11.8 Å². The molecule has 0 aromatic rings. The standard InChI is InChI=1S/C20H30O5/c1-13-6-5-10-19(3,24)17(22)12-15-9-11-20(4,16(21)8-7-13)25-18(23)14(15)2/h6,15,17,22,24H,2,5,7-12H2,1,3-4H3/t15-,17+,19-,20-/m0/s1. The van der Waals surface area contributed by atoms with Crippen LogP contribution in [-0.2, 0) is 14.3 Å². The fourth-order valence-corrected chi connectivity index (χ4v) is 3.55. The summed E-state index contributed by atoms with van der Waals surface area (Å²) in [5.74, 6) is -0.956. The molecule has 2 rings (SSSR count). The second-order valence-electron chi connectivity index (χ2n) is 8.00. The topological polar surface area (TPSA) is 83.8 Å². The van der Waals surface area contributed by atoms with Gasteiger partial charge < -0.3 is 14.9 Å². The molecule has 0 amide bonds. The number of aliphatic hydroxyl groups excluding tert-OH is 1. The lowest BCUT2D eigenvalue weighted by Crippen LogP contribution is -2.40. The first-order chi connectivity index (χ1) is 11.5. The van der Waals surface area contributed by atoms with Crippen molar-refractivity contribution in [2.45, 2.75) is 83.0 Å². The van der Waals surface area contributed by atoms with Crippen LogP contribution in [0.2, 0.25) is 0 Å². The van der Waals surface area contributed by atoms with E-state index < -0.39 is 23.3 Å². The van der Waals surface area contributed by atoms with Gasteiger partial charge in [0, 0.05) is 12.0 Å². The fraction of sp³-hybridized carbons (Fsp3) is 0.700. The number of carbonyl (C=O) groups excluding carboxylic acids is 2. The smallest absolute Gasteiger partial charge is 0.334 e.